The lowest BCUT2D eigenvalue weighted by Crippen LogP contribution is -2.42. The van der Waals surface area contributed by atoms with Crippen LogP contribution in [0.2, 0.25) is 0 Å². The molecule has 0 spiro atoms. The number of fused-ring (bicyclic) bond motifs is 2. The third-order valence-electron chi connectivity index (χ3n) is 13.9. The summed E-state index contributed by atoms with van der Waals surface area (Å²) in [5.41, 5.74) is 8.95. The Kier molecular flexibility index (Phi) is 14.5. The molecule has 2 aliphatic rings. The quantitative estimate of drug-likeness (QED) is 0.130. The molecule has 10 aromatic rings. The van der Waals surface area contributed by atoms with E-state index < -0.39 is 17.3 Å². The highest BCUT2D eigenvalue weighted by atomic mass is 16.6. The number of likely N-dealkylation sites (tertiary alicyclic amines) is 1. The number of carbonyl (C=O) groups excluding carboxylic acids is 2. The number of piperidine rings is 2. The monoisotopic (exact) mass is 1080 g/mol. The van der Waals surface area contributed by atoms with Crippen molar-refractivity contribution in [1.82, 2.24) is 78.1 Å². The van der Waals surface area contributed by atoms with Gasteiger partial charge in [-0.05, 0) is 122 Å². The molecular formula is C58H66N18O4. The van der Waals surface area contributed by atoms with Crippen LogP contribution in [0.3, 0.4) is 0 Å². The number of imidazole rings is 2. The molecule has 0 saturated carbocycles. The number of ether oxygens (including phenoxy) is 2. The standard InChI is InChI=1S/C34H41N9O4.C24H25N9/c1-33(2,3)46-31(44)40-15-8-9-23(21-40)28-17-29(43-30(38-28)27(19-37-43)24-18-36-39(7)20-24)42(32(45)47-34(4,5)6)26-12-10-25(11-13-26)41-16-14-35-22-41;1-31-15-18(13-27-31)21-14-28-33-23(11-22(30-24(21)33)17-3-2-8-25-12-17)29-19-4-6-20(7-5-19)32-10-9-26-16-32/h10-14,16-20,22-23H,8-9,15,21H2,1-7H3;4-7,9-11,13-17,25,29H,2-3,8,12H2,1H3. The largest absolute Gasteiger partial charge is 0.444 e. The van der Waals surface area contributed by atoms with Crippen molar-refractivity contribution in [2.24, 2.45) is 14.1 Å². The molecule has 2 fully saturated rings. The first-order valence-electron chi connectivity index (χ1n) is 26.9. The molecule has 0 bridgehead atoms. The number of carbonyl (C=O) groups is 2. The molecule has 2 amide bonds. The molecule has 8 aromatic heterocycles. The third-order valence-corrected chi connectivity index (χ3v) is 13.9. The third kappa shape index (κ3) is 11.7. The minimum atomic E-state index is -0.761. The Morgan fingerprint density at radius 3 is 1.80 bits per heavy atom. The molecule has 0 radical (unpaired) electrons. The second-order valence-electron chi connectivity index (χ2n) is 22.3. The van der Waals surface area contributed by atoms with E-state index >= 15 is 0 Å². The number of benzene rings is 2. The van der Waals surface area contributed by atoms with Crippen LogP contribution in [0, 0.1) is 0 Å². The molecule has 10 heterocycles. The van der Waals surface area contributed by atoms with Crippen molar-refractivity contribution in [3.8, 4) is 33.6 Å². The van der Waals surface area contributed by atoms with Gasteiger partial charge in [0.2, 0.25) is 0 Å². The highest BCUT2D eigenvalue weighted by molar-refractivity contribution is 5.96. The van der Waals surface area contributed by atoms with Crippen LogP contribution in [0.1, 0.15) is 90.4 Å². The highest BCUT2D eigenvalue weighted by Crippen LogP contribution is 2.37. The summed E-state index contributed by atoms with van der Waals surface area (Å²) in [6.45, 7) is 14.1. The van der Waals surface area contributed by atoms with Crippen LogP contribution in [0.25, 0.3) is 44.9 Å². The Balaban J connectivity index is 0.000000179. The minimum absolute atomic E-state index is 0.110. The number of hydrogen-bond donors (Lipinski definition) is 2. The number of nitrogens with zero attached hydrogens (tertiary/aromatic N) is 16. The lowest BCUT2D eigenvalue weighted by Gasteiger charge is -2.34. The van der Waals surface area contributed by atoms with Gasteiger partial charge in [-0.1, -0.05) is 0 Å². The number of nitrogens with one attached hydrogen (secondary N) is 2. The zero-order valence-electron chi connectivity index (χ0n) is 46.3. The normalized spacial score (nSPS) is 15.9. The van der Waals surface area contributed by atoms with Crippen LogP contribution in [0.15, 0.2) is 135 Å². The molecule has 2 aromatic carbocycles. The van der Waals surface area contributed by atoms with Gasteiger partial charge in [0.05, 0.1) is 54.5 Å². The van der Waals surface area contributed by atoms with Gasteiger partial charge >= 0.3 is 12.2 Å². The topological polar surface area (TPSA) is 215 Å². The molecular weight excluding hydrogens is 1010 g/mol. The van der Waals surface area contributed by atoms with E-state index in [4.69, 9.17) is 24.5 Å². The summed E-state index contributed by atoms with van der Waals surface area (Å²) >= 11 is 0. The Hall–Kier alpha value is -9.18. The summed E-state index contributed by atoms with van der Waals surface area (Å²) in [6.07, 6.45) is 24.9. The number of aryl methyl sites for hydroxylation is 2. The van der Waals surface area contributed by atoms with Gasteiger partial charge in [0.15, 0.2) is 11.3 Å². The molecule has 80 heavy (non-hydrogen) atoms. The van der Waals surface area contributed by atoms with Crippen molar-refractivity contribution in [2.45, 2.75) is 90.3 Å². The molecule has 2 aliphatic heterocycles. The second-order valence-corrected chi connectivity index (χ2v) is 22.3. The summed E-state index contributed by atoms with van der Waals surface area (Å²) in [6, 6.07) is 19.8. The fraction of sp³-hybridized carbons (Fsp3) is 0.345. The van der Waals surface area contributed by atoms with E-state index in [1.165, 1.54) is 4.90 Å². The minimum Gasteiger partial charge on any atom is -0.444 e. The summed E-state index contributed by atoms with van der Waals surface area (Å²) in [5, 5.41) is 25.2. The van der Waals surface area contributed by atoms with Gasteiger partial charge in [0, 0.05) is 134 Å². The average Bonchev–Trinajstić information content (AvgIpc) is 4.40. The number of amides is 2. The van der Waals surface area contributed by atoms with Crippen molar-refractivity contribution < 1.29 is 19.1 Å². The van der Waals surface area contributed by atoms with Crippen molar-refractivity contribution in [2.75, 3.05) is 36.4 Å². The number of anilines is 4. The molecule has 2 N–H and O–H groups in total. The van der Waals surface area contributed by atoms with E-state index in [1.807, 2.05) is 137 Å². The molecule has 2 saturated heterocycles. The molecule has 22 heteroatoms. The Morgan fingerprint density at radius 1 is 0.675 bits per heavy atom. The highest BCUT2D eigenvalue weighted by Gasteiger charge is 2.33. The van der Waals surface area contributed by atoms with Gasteiger partial charge in [-0.3, -0.25) is 9.36 Å². The Bertz CT molecular complexity index is 3740. The van der Waals surface area contributed by atoms with Crippen molar-refractivity contribution >= 4 is 46.5 Å². The average molecular weight is 1080 g/mol. The van der Waals surface area contributed by atoms with Gasteiger partial charge in [0.1, 0.15) is 22.8 Å². The fourth-order valence-electron chi connectivity index (χ4n) is 10.1. The first-order chi connectivity index (χ1) is 38.5. The maximum atomic E-state index is 14.1. The van der Waals surface area contributed by atoms with Gasteiger partial charge in [-0.25, -0.2) is 34.4 Å². The zero-order valence-corrected chi connectivity index (χ0v) is 46.3. The van der Waals surface area contributed by atoms with Crippen molar-refractivity contribution in [3.05, 3.63) is 147 Å². The summed E-state index contributed by atoms with van der Waals surface area (Å²) in [4.78, 5) is 48.9. The molecule has 412 valence electrons. The predicted molar refractivity (Wildman–Crippen MR) is 304 cm³/mol. The van der Waals surface area contributed by atoms with Gasteiger partial charge in [-0.2, -0.15) is 29.4 Å². The van der Waals surface area contributed by atoms with Gasteiger partial charge < -0.3 is 34.1 Å². The van der Waals surface area contributed by atoms with Crippen LogP contribution in [-0.4, -0.2) is 122 Å². The summed E-state index contributed by atoms with van der Waals surface area (Å²) in [5.74, 6) is 1.62. The van der Waals surface area contributed by atoms with Crippen LogP contribution in [0.5, 0.6) is 0 Å². The second kappa shape index (κ2) is 21.9. The maximum absolute atomic E-state index is 14.1. The van der Waals surface area contributed by atoms with Crippen LogP contribution in [0.4, 0.5) is 32.6 Å². The SMILES string of the molecule is Cn1cc(-c2cnn3c(N(C(=O)OC(C)(C)C)c4ccc(-n5ccnc5)cc4)cc(C4CCCN(C(=O)OC(C)(C)C)C4)nc23)cn1.Cn1cc(-c2cnn3c(Nc4ccc(-n5ccnc5)cc4)cc(C4CCCNC4)nc23)cn1. The van der Waals surface area contributed by atoms with Crippen LogP contribution >= 0.6 is 0 Å². The predicted octanol–water partition coefficient (Wildman–Crippen LogP) is 10.0. The summed E-state index contributed by atoms with van der Waals surface area (Å²) < 4.78 is 22.6. The van der Waals surface area contributed by atoms with Crippen LogP contribution < -0.4 is 15.5 Å². The fourth-order valence-corrected chi connectivity index (χ4v) is 10.1. The number of hydrogen-bond acceptors (Lipinski definition) is 14. The molecule has 22 nitrogen and oxygen atoms in total. The Morgan fingerprint density at radius 2 is 1.25 bits per heavy atom. The molecule has 0 aliphatic carbocycles. The summed E-state index contributed by atoms with van der Waals surface area (Å²) in [7, 11) is 3.77. The van der Waals surface area contributed by atoms with E-state index in [-0.39, 0.29) is 12.0 Å². The van der Waals surface area contributed by atoms with E-state index in [2.05, 4.69) is 66.2 Å². The van der Waals surface area contributed by atoms with Crippen molar-refractivity contribution in [3.63, 3.8) is 0 Å². The lowest BCUT2D eigenvalue weighted by molar-refractivity contribution is 0.0197. The Labute approximate surface area is 463 Å². The van der Waals surface area contributed by atoms with Crippen LogP contribution in [-0.2, 0) is 23.6 Å². The maximum Gasteiger partial charge on any atom is 0.420 e. The van der Waals surface area contributed by atoms with E-state index in [1.54, 1.807) is 56.2 Å². The van der Waals surface area contributed by atoms with Gasteiger partial charge in [0.25, 0.3) is 0 Å². The first kappa shape index (κ1) is 52.9. The van der Waals surface area contributed by atoms with Gasteiger partial charge in [-0.15, -0.1) is 0 Å². The lowest BCUT2D eigenvalue weighted by atomic mass is 9.94. The van der Waals surface area contributed by atoms with E-state index in [0.717, 1.165) is 101 Å². The molecule has 2 unspecified atom stereocenters. The smallest absolute Gasteiger partial charge is 0.420 e. The zero-order chi connectivity index (χ0) is 55.7. The van der Waals surface area contributed by atoms with E-state index in [0.29, 0.717) is 36.2 Å². The number of aromatic nitrogens is 14. The van der Waals surface area contributed by atoms with E-state index in [9.17, 15) is 9.59 Å². The van der Waals surface area contributed by atoms with Crippen molar-refractivity contribution in [1.29, 1.82) is 0 Å². The molecule has 12 rings (SSSR count). The first-order valence-corrected chi connectivity index (χ1v) is 26.9. The molecule has 2 atom stereocenters. The number of rotatable bonds is 10.